The summed E-state index contributed by atoms with van der Waals surface area (Å²) in [6.07, 6.45) is -3.40. The summed E-state index contributed by atoms with van der Waals surface area (Å²) < 4.78 is 55.3. The van der Waals surface area contributed by atoms with E-state index in [0.29, 0.717) is 30.4 Å². The third-order valence-corrected chi connectivity index (χ3v) is 3.29. The summed E-state index contributed by atoms with van der Waals surface area (Å²) in [5, 5.41) is 1.94. The lowest BCUT2D eigenvalue weighted by Crippen LogP contribution is -2.40. The van der Waals surface area contributed by atoms with E-state index in [-0.39, 0.29) is 5.75 Å². The van der Waals surface area contributed by atoms with Crippen LogP contribution in [0.5, 0.6) is 5.75 Å². The number of hydrogen-bond donors (Lipinski definition) is 1. The summed E-state index contributed by atoms with van der Waals surface area (Å²) >= 11 is 0. The third-order valence-electron chi connectivity index (χ3n) is 3.29. The van der Waals surface area contributed by atoms with Crippen molar-refractivity contribution in [2.24, 2.45) is 0 Å². The Bertz CT molecular complexity index is 528. The Morgan fingerprint density at radius 3 is 2.70 bits per heavy atom. The fourth-order valence-electron chi connectivity index (χ4n) is 2.35. The molecule has 7 heteroatoms. The number of rotatable bonds is 2. The van der Waals surface area contributed by atoms with E-state index < -0.39 is 23.9 Å². The summed E-state index contributed by atoms with van der Waals surface area (Å²) in [7, 11) is 1.27. The van der Waals surface area contributed by atoms with Gasteiger partial charge in [-0.1, -0.05) is 0 Å². The summed E-state index contributed by atoms with van der Waals surface area (Å²) in [4.78, 5) is 11.0. The number of fused-ring (bicyclic) bond motifs is 1. The smallest absolute Gasteiger partial charge is 0.471 e. The highest BCUT2D eigenvalue weighted by atomic mass is 19.4. The Hall–Kier alpha value is -1.79. The molecule has 0 radical (unpaired) electrons. The molecule has 0 aliphatic heterocycles. The molecule has 0 heterocycles. The number of ether oxygens (including phenoxy) is 1. The first-order valence-electron chi connectivity index (χ1n) is 6.07. The first kappa shape index (κ1) is 14.6. The second-order valence-electron chi connectivity index (χ2n) is 4.60. The van der Waals surface area contributed by atoms with Crippen LogP contribution >= 0.6 is 0 Å². The molecule has 0 saturated heterocycles. The van der Waals surface area contributed by atoms with E-state index in [1.165, 1.54) is 19.2 Å². The van der Waals surface area contributed by atoms with Crippen LogP contribution in [0.1, 0.15) is 30.0 Å². The summed E-state index contributed by atoms with van der Waals surface area (Å²) in [5.74, 6) is -2.59. The van der Waals surface area contributed by atoms with Crippen LogP contribution in [0.2, 0.25) is 0 Å². The van der Waals surface area contributed by atoms with Gasteiger partial charge in [-0.3, -0.25) is 4.79 Å². The van der Waals surface area contributed by atoms with Crippen molar-refractivity contribution in [1.29, 1.82) is 0 Å². The van der Waals surface area contributed by atoms with Gasteiger partial charge in [0.15, 0.2) is 11.6 Å². The summed E-state index contributed by atoms with van der Waals surface area (Å²) in [5.41, 5.74) is 1.08. The fourth-order valence-corrected chi connectivity index (χ4v) is 2.35. The van der Waals surface area contributed by atoms with Gasteiger partial charge in [0.1, 0.15) is 0 Å². The van der Waals surface area contributed by atoms with Crippen molar-refractivity contribution in [2.75, 3.05) is 7.11 Å². The van der Waals surface area contributed by atoms with E-state index >= 15 is 0 Å². The number of methoxy groups -OCH3 is 1. The van der Waals surface area contributed by atoms with E-state index in [9.17, 15) is 22.4 Å². The SMILES string of the molecule is COc1cc2c(cc1F)CCC[C@@H]2NC(=O)C(F)(F)F. The minimum absolute atomic E-state index is 0.0445. The lowest BCUT2D eigenvalue weighted by molar-refractivity contribution is -0.174. The van der Waals surface area contributed by atoms with Crippen LogP contribution in [0.4, 0.5) is 17.6 Å². The van der Waals surface area contributed by atoms with Gasteiger partial charge in [0.25, 0.3) is 0 Å². The number of carbonyl (C=O) groups excluding carboxylic acids is 1. The normalized spacial score (nSPS) is 18.4. The molecule has 1 aliphatic rings. The number of amides is 1. The number of carbonyl (C=O) groups is 1. The maximum Gasteiger partial charge on any atom is 0.471 e. The number of hydrogen-bond acceptors (Lipinski definition) is 2. The Balaban J connectivity index is 2.30. The Morgan fingerprint density at radius 1 is 1.40 bits per heavy atom. The van der Waals surface area contributed by atoms with Gasteiger partial charge < -0.3 is 10.1 Å². The van der Waals surface area contributed by atoms with Gasteiger partial charge in [0, 0.05) is 0 Å². The minimum Gasteiger partial charge on any atom is -0.494 e. The van der Waals surface area contributed by atoms with Crippen LogP contribution in [0.25, 0.3) is 0 Å². The van der Waals surface area contributed by atoms with Crippen molar-refractivity contribution in [3.05, 3.63) is 29.1 Å². The maximum atomic E-state index is 13.6. The predicted octanol–water partition coefficient (Wildman–Crippen LogP) is 2.89. The number of nitrogens with one attached hydrogen (secondary N) is 1. The maximum absolute atomic E-state index is 13.6. The average Bonchev–Trinajstić information content (AvgIpc) is 2.37. The van der Waals surface area contributed by atoms with E-state index in [0.717, 1.165) is 0 Å². The molecule has 0 aromatic heterocycles. The molecule has 1 atom stereocenters. The predicted molar refractivity (Wildman–Crippen MR) is 62.8 cm³/mol. The van der Waals surface area contributed by atoms with Crippen molar-refractivity contribution in [1.82, 2.24) is 5.32 Å². The number of halogens is 4. The van der Waals surface area contributed by atoms with Gasteiger partial charge in [-0.2, -0.15) is 13.2 Å². The molecule has 1 aromatic rings. The molecule has 0 unspecified atom stereocenters. The number of alkyl halides is 3. The zero-order chi connectivity index (χ0) is 14.9. The molecule has 1 N–H and O–H groups in total. The highest BCUT2D eigenvalue weighted by Crippen LogP contribution is 2.34. The van der Waals surface area contributed by atoms with Crippen LogP contribution in [-0.4, -0.2) is 19.2 Å². The van der Waals surface area contributed by atoms with Gasteiger partial charge in [0.2, 0.25) is 0 Å². The fraction of sp³-hybridized carbons (Fsp3) is 0.462. The molecular weight excluding hydrogens is 278 g/mol. The zero-order valence-corrected chi connectivity index (χ0v) is 10.7. The average molecular weight is 291 g/mol. The molecule has 20 heavy (non-hydrogen) atoms. The number of benzene rings is 1. The van der Waals surface area contributed by atoms with Crippen LogP contribution in [-0.2, 0) is 11.2 Å². The standard InChI is InChI=1S/C13H13F4NO2/c1-20-11-6-8-7(5-9(11)14)3-2-4-10(8)18-12(19)13(15,16)17/h5-6,10H,2-4H2,1H3,(H,18,19)/t10-/m0/s1. The highest BCUT2D eigenvalue weighted by Gasteiger charge is 2.40. The lowest BCUT2D eigenvalue weighted by atomic mass is 9.87. The topological polar surface area (TPSA) is 38.3 Å². The van der Waals surface area contributed by atoms with Crippen molar-refractivity contribution in [3.8, 4) is 5.75 Å². The lowest BCUT2D eigenvalue weighted by Gasteiger charge is -2.27. The molecule has 3 nitrogen and oxygen atoms in total. The molecule has 0 fully saturated rings. The van der Waals surface area contributed by atoms with Crippen LogP contribution in [0.15, 0.2) is 12.1 Å². The molecule has 0 saturated carbocycles. The number of aryl methyl sites for hydroxylation is 1. The first-order chi connectivity index (χ1) is 9.32. The van der Waals surface area contributed by atoms with Gasteiger partial charge in [-0.15, -0.1) is 0 Å². The molecule has 2 rings (SSSR count). The molecule has 1 aliphatic carbocycles. The zero-order valence-electron chi connectivity index (χ0n) is 10.7. The van der Waals surface area contributed by atoms with Crippen molar-refractivity contribution in [2.45, 2.75) is 31.5 Å². The Labute approximate surface area is 112 Å². The molecule has 1 amide bonds. The summed E-state index contributed by atoms with van der Waals surface area (Å²) in [6, 6.07) is 1.83. The molecule has 110 valence electrons. The van der Waals surface area contributed by atoms with Crippen LogP contribution in [0, 0.1) is 5.82 Å². The monoisotopic (exact) mass is 291 g/mol. The largest absolute Gasteiger partial charge is 0.494 e. The molecular formula is C13H13F4NO2. The van der Waals surface area contributed by atoms with Crippen molar-refractivity contribution in [3.63, 3.8) is 0 Å². The van der Waals surface area contributed by atoms with Gasteiger partial charge in [0.05, 0.1) is 13.2 Å². The van der Waals surface area contributed by atoms with Crippen molar-refractivity contribution < 1.29 is 27.1 Å². The van der Waals surface area contributed by atoms with Gasteiger partial charge in [-0.25, -0.2) is 4.39 Å². The first-order valence-corrected chi connectivity index (χ1v) is 6.07. The van der Waals surface area contributed by atoms with Crippen LogP contribution in [0.3, 0.4) is 0 Å². The summed E-state index contributed by atoms with van der Waals surface area (Å²) in [6.45, 7) is 0. The van der Waals surface area contributed by atoms with E-state index in [1.807, 2.05) is 5.32 Å². The van der Waals surface area contributed by atoms with Gasteiger partial charge >= 0.3 is 12.1 Å². The third kappa shape index (κ3) is 2.86. The Morgan fingerprint density at radius 2 is 2.10 bits per heavy atom. The van der Waals surface area contributed by atoms with Crippen molar-refractivity contribution >= 4 is 5.91 Å². The quantitative estimate of drug-likeness (QED) is 0.851. The molecule has 1 aromatic carbocycles. The molecule has 0 spiro atoms. The van der Waals surface area contributed by atoms with Gasteiger partial charge in [-0.05, 0) is 42.5 Å². The highest BCUT2D eigenvalue weighted by molar-refractivity contribution is 5.82. The van der Waals surface area contributed by atoms with Crippen LogP contribution < -0.4 is 10.1 Å². The minimum atomic E-state index is -4.93. The molecule has 0 bridgehead atoms. The van der Waals surface area contributed by atoms with E-state index in [1.54, 1.807) is 0 Å². The Kier molecular flexibility index (Phi) is 3.87. The second kappa shape index (κ2) is 5.30. The second-order valence-corrected chi connectivity index (χ2v) is 4.60. The van der Waals surface area contributed by atoms with E-state index in [4.69, 9.17) is 4.74 Å². The van der Waals surface area contributed by atoms with E-state index in [2.05, 4.69) is 0 Å².